The highest BCUT2D eigenvalue weighted by atomic mass is 16.6. The molecule has 0 atom stereocenters. The predicted molar refractivity (Wildman–Crippen MR) is 111 cm³/mol. The average molecular weight is 438 g/mol. The summed E-state index contributed by atoms with van der Waals surface area (Å²) in [5.41, 5.74) is -3.22. The molecule has 172 valence electrons. The van der Waals surface area contributed by atoms with Gasteiger partial charge in [0.15, 0.2) is 11.2 Å². The quantitative estimate of drug-likeness (QED) is 0.656. The summed E-state index contributed by atoms with van der Waals surface area (Å²) in [6.45, 7) is 12.5. The summed E-state index contributed by atoms with van der Waals surface area (Å²) in [5.74, 6) is -3.06. The van der Waals surface area contributed by atoms with Crippen LogP contribution in [-0.4, -0.2) is 50.5 Å². The molecule has 1 rings (SSSR count). The van der Waals surface area contributed by atoms with Crippen molar-refractivity contribution >= 4 is 29.9 Å². The summed E-state index contributed by atoms with van der Waals surface area (Å²) in [6, 6.07) is 1.47. The van der Waals surface area contributed by atoms with E-state index in [-0.39, 0.29) is 12.2 Å². The molecule has 1 aromatic rings. The van der Waals surface area contributed by atoms with E-state index in [0.717, 1.165) is 6.92 Å². The number of carboxylic acids is 2. The molecule has 1 heterocycles. The Kier molecular flexibility index (Phi) is 7.43. The van der Waals surface area contributed by atoms with Crippen molar-refractivity contribution in [3.8, 4) is 0 Å². The number of nitrogens with zero attached hydrogens (tertiary/aromatic N) is 2. The van der Waals surface area contributed by atoms with Crippen LogP contribution in [0.2, 0.25) is 0 Å². The Bertz CT molecular complexity index is 838. The molecule has 31 heavy (non-hydrogen) atoms. The van der Waals surface area contributed by atoms with Crippen molar-refractivity contribution < 1.29 is 38.9 Å². The maximum absolute atomic E-state index is 12.7. The smallest absolute Gasteiger partial charge is 0.425 e. The highest BCUT2D eigenvalue weighted by Crippen LogP contribution is 2.28. The molecule has 2 amide bonds. The summed E-state index contributed by atoms with van der Waals surface area (Å²) >= 11 is 0. The molecule has 0 aliphatic carbocycles. The van der Waals surface area contributed by atoms with Crippen molar-refractivity contribution in [2.45, 2.75) is 73.0 Å². The number of anilines is 1. The molecule has 0 bridgehead atoms. The Morgan fingerprint density at radius 3 is 1.65 bits per heavy atom. The highest BCUT2D eigenvalue weighted by molar-refractivity contribution is 6.09. The van der Waals surface area contributed by atoms with Gasteiger partial charge in [-0.15, -0.1) is 0 Å². The number of aromatic nitrogens is 1. The van der Waals surface area contributed by atoms with Crippen LogP contribution in [-0.2, 0) is 25.5 Å². The van der Waals surface area contributed by atoms with Crippen molar-refractivity contribution in [1.82, 2.24) is 4.98 Å². The Morgan fingerprint density at radius 2 is 1.32 bits per heavy atom. The second kappa shape index (κ2) is 8.91. The lowest BCUT2D eigenvalue weighted by atomic mass is 9.84. The number of carboxylic acid groups (broad SMARTS) is 2. The van der Waals surface area contributed by atoms with E-state index in [9.17, 15) is 29.4 Å². The second-order valence-corrected chi connectivity index (χ2v) is 9.40. The molecule has 1 aromatic heterocycles. The van der Waals surface area contributed by atoms with Crippen LogP contribution >= 0.6 is 0 Å². The molecule has 0 aliphatic rings. The van der Waals surface area contributed by atoms with Gasteiger partial charge in [-0.2, -0.15) is 4.90 Å². The Labute approximate surface area is 181 Å². The summed E-state index contributed by atoms with van der Waals surface area (Å²) in [4.78, 5) is 53.1. The lowest BCUT2D eigenvalue weighted by molar-refractivity contribution is -0.163. The van der Waals surface area contributed by atoms with Gasteiger partial charge in [-0.05, 0) is 66.5 Å². The first-order chi connectivity index (χ1) is 13.9. The number of ether oxygens (including phenoxy) is 2. The summed E-state index contributed by atoms with van der Waals surface area (Å²) in [7, 11) is 0. The fourth-order valence-electron chi connectivity index (χ4n) is 2.47. The van der Waals surface area contributed by atoms with E-state index < -0.39 is 40.7 Å². The minimum absolute atomic E-state index is 0.0698. The van der Waals surface area contributed by atoms with Crippen molar-refractivity contribution in [3.63, 3.8) is 0 Å². The molecule has 0 radical (unpaired) electrons. The number of carbonyl (C=O) groups excluding carboxylic acids is 2. The van der Waals surface area contributed by atoms with E-state index in [1.165, 1.54) is 12.3 Å². The van der Waals surface area contributed by atoms with Crippen molar-refractivity contribution in [3.05, 3.63) is 23.4 Å². The zero-order chi connectivity index (χ0) is 24.4. The van der Waals surface area contributed by atoms with Gasteiger partial charge < -0.3 is 19.7 Å². The van der Waals surface area contributed by atoms with Crippen molar-refractivity contribution in [2.75, 3.05) is 4.90 Å². The molecule has 2 N–H and O–H groups in total. The van der Waals surface area contributed by atoms with Crippen LogP contribution in [0, 0.1) is 12.3 Å². The minimum atomic E-state index is -2.06. The van der Waals surface area contributed by atoms with Crippen LogP contribution < -0.4 is 4.90 Å². The zero-order valence-electron chi connectivity index (χ0n) is 19.1. The molecular formula is C21H30N2O8. The van der Waals surface area contributed by atoms with E-state index in [1.54, 1.807) is 48.5 Å². The fourth-order valence-corrected chi connectivity index (χ4v) is 2.47. The fraction of sp³-hybridized carbons (Fsp3) is 0.571. The SMILES string of the molecule is Cc1cc(CC(C)(C(=O)O)C(=O)O)cnc1N(C(=O)OC(C)(C)C)C(=O)OC(C)(C)C. The Balaban J connectivity index is 3.40. The molecule has 0 unspecified atom stereocenters. The van der Waals surface area contributed by atoms with Gasteiger partial charge in [0.25, 0.3) is 0 Å². The predicted octanol–water partition coefficient (Wildman–Crippen LogP) is 3.78. The van der Waals surface area contributed by atoms with E-state index in [2.05, 4.69) is 4.98 Å². The van der Waals surface area contributed by atoms with Gasteiger partial charge in [-0.3, -0.25) is 9.59 Å². The van der Waals surface area contributed by atoms with Gasteiger partial charge in [0.2, 0.25) is 0 Å². The largest absolute Gasteiger partial charge is 0.480 e. The number of imide groups is 1. The van der Waals surface area contributed by atoms with Gasteiger partial charge in [-0.25, -0.2) is 14.6 Å². The average Bonchev–Trinajstić information content (AvgIpc) is 2.53. The van der Waals surface area contributed by atoms with E-state index in [1.807, 2.05) is 0 Å². The summed E-state index contributed by atoms with van der Waals surface area (Å²) in [6.07, 6.45) is -1.11. The van der Waals surface area contributed by atoms with Gasteiger partial charge in [0, 0.05) is 12.6 Å². The lowest BCUT2D eigenvalue weighted by Gasteiger charge is -2.29. The molecule has 0 fully saturated rings. The molecular weight excluding hydrogens is 408 g/mol. The van der Waals surface area contributed by atoms with Crippen LogP contribution in [0.1, 0.15) is 59.6 Å². The van der Waals surface area contributed by atoms with E-state index >= 15 is 0 Å². The number of pyridine rings is 1. The normalized spacial score (nSPS) is 12.1. The van der Waals surface area contributed by atoms with Crippen molar-refractivity contribution in [2.24, 2.45) is 5.41 Å². The molecule has 0 aromatic carbocycles. The number of aliphatic carboxylic acids is 2. The number of hydrogen-bond donors (Lipinski definition) is 2. The number of amides is 2. The van der Waals surface area contributed by atoms with Crippen molar-refractivity contribution in [1.29, 1.82) is 0 Å². The first-order valence-corrected chi connectivity index (χ1v) is 9.56. The third-order valence-corrected chi connectivity index (χ3v) is 3.97. The maximum Gasteiger partial charge on any atom is 0.425 e. The number of carbonyl (C=O) groups is 4. The topological polar surface area (TPSA) is 143 Å². The maximum atomic E-state index is 12.7. The van der Waals surface area contributed by atoms with Crippen LogP contribution in [0.3, 0.4) is 0 Å². The molecule has 0 spiro atoms. The molecule has 0 saturated carbocycles. The Hall–Kier alpha value is -3.17. The lowest BCUT2D eigenvalue weighted by Crippen LogP contribution is -2.44. The first-order valence-electron chi connectivity index (χ1n) is 9.56. The summed E-state index contributed by atoms with van der Waals surface area (Å²) < 4.78 is 10.6. The monoisotopic (exact) mass is 438 g/mol. The standard InChI is InChI=1S/C21H30N2O8/c1-12-9-13(10-21(8,15(24)25)16(26)27)11-22-14(12)23(17(28)30-19(2,3)4)18(29)31-20(5,6)7/h9,11H,10H2,1-8H3,(H,24,25)(H,26,27). The first kappa shape index (κ1) is 25.9. The van der Waals surface area contributed by atoms with Gasteiger partial charge in [-0.1, -0.05) is 6.07 Å². The summed E-state index contributed by atoms with van der Waals surface area (Å²) in [5, 5.41) is 18.6. The second-order valence-electron chi connectivity index (χ2n) is 9.40. The van der Waals surface area contributed by atoms with Gasteiger partial charge >= 0.3 is 24.1 Å². The van der Waals surface area contributed by atoms with E-state index in [4.69, 9.17) is 9.47 Å². The number of hydrogen-bond acceptors (Lipinski definition) is 7. The molecule has 0 aliphatic heterocycles. The third-order valence-electron chi connectivity index (χ3n) is 3.97. The van der Waals surface area contributed by atoms with Crippen LogP contribution in [0.25, 0.3) is 0 Å². The third kappa shape index (κ3) is 6.94. The molecule has 10 nitrogen and oxygen atoms in total. The van der Waals surface area contributed by atoms with Gasteiger partial charge in [0.1, 0.15) is 11.2 Å². The van der Waals surface area contributed by atoms with Crippen LogP contribution in [0.4, 0.5) is 15.4 Å². The zero-order valence-corrected chi connectivity index (χ0v) is 19.1. The van der Waals surface area contributed by atoms with Gasteiger partial charge in [0.05, 0.1) is 0 Å². The molecule has 10 heteroatoms. The Morgan fingerprint density at radius 1 is 0.903 bits per heavy atom. The number of rotatable bonds is 5. The highest BCUT2D eigenvalue weighted by Gasteiger charge is 2.42. The van der Waals surface area contributed by atoms with E-state index in [0.29, 0.717) is 16.0 Å². The minimum Gasteiger partial charge on any atom is -0.480 e. The number of aryl methyl sites for hydroxylation is 1. The molecule has 0 saturated heterocycles. The van der Waals surface area contributed by atoms with Crippen LogP contribution in [0.5, 0.6) is 0 Å². The van der Waals surface area contributed by atoms with Crippen LogP contribution in [0.15, 0.2) is 12.3 Å².